The second kappa shape index (κ2) is 8.82. The summed E-state index contributed by atoms with van der Waals surface area (Å²) in [6, 6.07) is 39.6. The zero-order valence-electron chi connectivity index (χ0n) is 17.5. The molecule has 5 rings (SSSR count). The van der Waals surface area contributed by atoms with Crippen LogP contribution in [0.1, 0.15) is 46.7 Å². The maximum atomic E-state index is 4.18. The van der Waals surface area contributed by atoms with E-state index in [1.54, 1.807) is 0 Å². The van der Waals surface area contributed by atoms with Gasteiger partial charge in [-0.15, -0.1) is 0 Å². The van der Waals surface area contributed by atoms with Crippen LogP contribution in [0, 0.1) is 0 Å². The molecule has 0 heterocycles. The first kappa shape index (κ1) is 20.2. The number of fused-ring (bicyclic) bond motifs is 1. The Morgan fingerprint density at radius 2 is 1.19 bits per heavy atom. The number of benzene rings is 4. The summed E-state index contributed by atoms with van der Waals surface area (Å²) in [7, 11) is 0. The molecule has 0 aliphatic heterocycles. The quantitative estimate of drug-likeness (QED) is 0.301. The van der Waals surface area contributed by atoms with Gasteiger partial charge in [0.15, 0.2) is 0 Å². The van der Waals surface area contributed by atoms with E-state index in [9.17, 15) is 0 Å². The van der Waals surface area contributed by atoms with E-state index in [1.807, 2.05) is 0 Å². The van der Waals surface area contributed by atoms with Crippen LogP contribution in [-0.4, -0.2) is 0 Å². The van der Waals surface area contributed by atoms with Gasteiger partial charge in [-0.05, 0) is 59.2 Å². The predicted octanol–water partition coefficient (Wildman–Crippen LogP) is 7.41. The van der Waals surface area contributed by atoms with Crippen LogP contribution in [0.4, 0.5) is 0 Å². The summed E-state index contributed by atoms with van der Waals surface area (Å²) in [5.41, 5.74) is 6.20. The van der Waals surface area contributed by atoms with Crippen LogP contribution >= 0.6 is 15.9 Å². The second-order valence-corrected chi connectivity index (χ2v) is 9.20. The molecular weight excluding hydrogens is 442 g/mol. The van der Waals surface area contributed by atoms with Gasteiger partial charge >= 0.3 is 0 Å². The molecule has 0 bridgehead atoms. The number of nitrogens with one attached hydrogen (secondary N) is 1. The molecule has 1 atom stereocenters. The number of hydrogen-bond donors (Lipinski definition) is 1. The molecule has 0 fully saturated rings. The monoisotopic (exact) mass is 467 g/mol. The number of hydrogen-bond acceptors (Lipinski definition) is 1. The zero-order chi connectivity index (χ0) is 21.1. The highest BCUT2D eigenvalue weighted by atomic mass is 79.9. The van der Waals surface area contributed by atoms with Crippen LogP contribution in [-0.2, 0) is 12.0 Å². The molecule has 0 amide bonds. The minimum absolute atomic E-state index is 0.266. The molecule has 1 unspecified atom stereocenters. The van der Waals surface area contributed by atoms with Crippen molar-refractivity contribution in [1.29, 1.82) is 0 Å². The highest BCUT2D eigenvalue weighted by molar-refractivity contribution is 9.10. The first-order chi connectivity index (χ1) is 15.3. The zero-order valence-corrected chi connectivity index (χ0v) is 19.1. The molecular formula is C29H26BrN. The fourth-order valence-corrected chi connectivity index (χ4v) is 5.37. The van der Waals surface area contributed by atoms with Crippen molar-refractivity contribution in [3.05, 3.63) is 141 Å². The van der Waals surface area contributed by atoms with E-state index in [2.05, 4.69) is 130 Å². The predicted molar refractivity (Wildman–Crippen MR) is 132 cm³/mol. The van der Waals surface area contributed by atoms with E-state index in [4.69, 9.17) is 0 Å². The smallest absolute Gasteiger partial charge is 0.0952 e. The van der Waals surface area contributed by atoms with Crippen LogP contribution in [0.3, 0.4) is 0 Å². The molecule has 1 aliphatic rings. The van der Waals surface area contributed by atoms with Gasteiger partial charge < -0.3 is 0 Å². The lowest BCUT2D eigenvalue weighted by atomic mass is 9.75. The van der Waals surface area contributed by atoms with Gasteiger partial charge in [0, 0.05) is 10.5 Å². The van der Waals surface area contributed by atoms with Crippen molar-refractivity contribution < 1.29 is 0 Å². The minimum atomic E-state index is -0.439. The molecule has 0 saturated heterocycles. The standard InChI is InChI=1S/C29H26BrN/c30-26-20-19-22-11-10-18-28(27(22)21-26)31-29(23-12-4-1-5-13-23,24-14-6-2-7-15-24)25-16-8-3-9-17-25/h1-9,12-17,19-21,28,31H,10-11,18H2. The summed E-state index contributed by atoms with van der Waals surface area (Å²) in [6.45, 7) is 0. The Bertz CT molecular complexity index is 1040. The lowest BCUT2D eigenvalue weighted by Gasteiger charge is -2.42. The molecule has 0 radical (unpaired) electrons. The number of halogens is 1. The van der Waals surface area contributed by atoms with Gasteiger partial charge in [0.1, 0.15) is 0 Å². The summed E-state index contributed by atoms with van der Waals surface area (Å²) < 4.78 is 1.14. The maximum Gasteiger partial charge on any atom is 0.0952 e. The van der Waals surface area contributed by atoms with Crippen LogP contribution < -0.4 is 5.32 Å². The molecule has 1 N–H and O–H groups in total. The third-order valence-corrected chi connectivity index (χ3v) is 6.93. The SMILES string of the molecule is Brc1ccc2c(c1)C(NC(c1ccccc1)(c1ccccc1)c1ccccc1)CCC2. The van der Waals surface area contributed by atoms with Gasteiger partial charge in [-0.3, -0.25) is 5.32 Å². The number of aryl methyl sites for hydroxylation is 1. The Balaban J connectivity index is 1.73. The van der Waals surface area contributed by atoms with E-state index in [0.717, 1.165) is 17.3 Å². The second-order valence-electron chi connectivity index (χ2n) is 8.28. The van der Waals surface area contributed by atoms with Crippen LogP contribution in [0.2, 0.25) is 0 Å². The summed E-state index contributed by atoms with van der Waals surface area (Å²) >= 11 is 3.70. The van der Waals surface area contributed by atoms with Crippen molar-refractivity contribution in [2.24, 2.45) is 0 Å². The van der Waals surface area contributed by atoms with Crippen molar-refractivity contribution in [2.75, 3.05) is 0 Å². The van der Waals surface area contributed by atoms with E-state index in [-0.39, 0.29) is 6.04 Å². The third kappa shape index (κ3) is 3.86. The first-order valence-corrected chi connectivity index (χ1v) is 11.8. The third-order valence-electron chi connectivity index (χ3n) is 6.43. The Morgan fingerprint density at radius 3 is 1.71 bits per heavy atom. The molecule has 2 heteroatoms. The van der Waals surface area contributed by atoms with Gasteiger partial charge in [0.2, 0.25) is 0 Å². The molecule has 1 aliphatic carbocycles. The lowest BCUT2D eigenvalue weighted by Crippen LogP contribution is -2.47. The van der Waals surface area contributed by atoms with E-state index in [0.29, 0.717) is 0 Å². The van der Waals surface area contributed by atoms with Crippen molar-refractivity contribution in [2.45, 2.75) is 30.8 Å². The van der Waals surface area contributed by atoms with Gasteiger partial charge in [0.05, 0.1) is 5.54 Å². The van der Waals surface area contributed by atoms with E-state index in [1.165, 1.54) is 34.2 Å². The summed E-state index contributed by atoms with van der Waals surface area (Å²) in [5.74, 6) is 0. The highest BCUT2D eigenvalue weighted by Crippen LogP contribution is 2.42. The van der Waals surface area contributed by atoms with Crippen molar-refractivity contribution >= 4 is 15.9 Å². The molecule has 4 aromatic rings. The Hall–Kier alpha value is -2.68. The normalized spacial score (nSPS) is 16.0. The largest absolute Gasteiger partial charge is 0.293 e. The van der Waals surface area contributed by atoms with Gasteiger partial charge in [-0.1, -0.05) is 113 Å². The first-order valence-electron chi connectivity index (χ1n) is 11.0. The Kier molecular flexibility index (Phi) is 5.76. The Labute approximate surface area is 193 Å². The molecule has 4 aromatic carbocycles. The van der Waals surface area contributed by atoms with Crippen molar-refractivity contribution in [3.63, 3.8) is 0 Å². The fraction of sp³-hybridized carbons (Fsp3) is 0.172. The van der Waals surface area contributed by atoms with Gasteiger partial charge in [0.25, 0.3) is 0 Å². The lowest BCUT2D eigenvalue weighted by molar-refractivity contribution is 0.362. The summed E-state index contributed by atoms with van der Waals surface area (Å²) in [4.78, 5) is 0. The van der Waals surface area contributed by atoms with E-state index < -0.39 is 5.54 Å². The van der Waals surface area contributed by atoms with E-state index >= 15 is 0 Å². The topological polar surface area (TPSA) is 12.0 Å². The van der Waals surface area contributed by atoms with Gasteiger partial charge in [-0.25, -0.2) is 0 Å². The average Bonchev–Trinajstić information content (AvgIpc) is 2.84. The van der Waals surface area contributed by atoms with Crippen molar-refractivity contribution in [3.8, 4) is 0 Å². The molecule has 31 heavy (non-hydrogen) atoms. The average molecular weight is 468 g/mol. The summed E-state index contributed by atoms with van der Waals surface area (Å²) in [6.07, 6.45) is 3.47. The van der Waals surface area contributed by atoms with Gasteiger partial charge in [-0.2, -0.15) is 0 Å². The van der Waals surface area contributed by atoms with Crippen LogP contribution in [0.15, 0.2) is 114 Å². The highest BCUT2D eigenvalue weighted by Gasteiger charge is 2.39. The minimum Gasteiger partial charge on any atom is -0.293 e. The molecule has 154 valence electrons. The molecule has 0 spiro atoms. The fourth-order valence-electron chi connectivity index (χ4n) is 5.00. The maximum absolute atomic E-state index is 4.18. The van der Waals surface area contributed by atoms with Crippen molar-refractivity contribution in [1.82, 2.24) is 5.32 Å². The number of rotatable bonds is 5. The van der Waals surface area contributed by atoms with Crippen LogP contribution in [0.5, 0.6) is 0 Å². The molecule has 1 nitrogen and oxygen atoms in total. The molecule has 0 aromatic heterocycles. The Morgan fingerprint density at radius 1 is 0.677 bits per heavy atom. The summed E-state index contributed by atoms with van der Waals surface area (Å²) in [5, 5.41) is 4.18. The molecule has 0 saturated carbocycles. The van der Waals surface area contributed by atoms with Crippen LogP contribution in [0.25, 0.3) is 0 Å².